The van der Waals surface area contributed by atoms with E-state index in [1.54, 1.807) is 12.1 Å². The number of nitrogens with zero attached hydrogens (tertiary/aromatic N) is 1. The lowest BCUT2D eigenvalue weighted by Gasteiger charge is -2.17. The quantitative estimate of drug-likeness (QED) is 0.504. The Bertz CT molecular complexity index is 105. The van der Waals surface area contributed by atoms with Crippen molar-refractivity contribution in [2.45, 2.75) is 13.3 Å². The number of primary amides is 1. The summed E-state index contributed by atoms with van der Waals surface area (Å²) in [6.45, 7) is 3.18. The number of hydrogen-bond donors (Lipinski definition) is 2. The molecule has 1 amide bonds. The van der Waals surface area contributed by atoms with Gasteiger partial charge < -0.3 is 5.73 Å². The lowest BCUT2D eigenvalue weighted by molar-refractivity contribution is -0.119. The summed E-state index contributed by atoms with van der Waals surface area (Å²) in [5.74, 6) is -0.303. The molecule has 0 saturated heterocycles. The summed E-state index contributed by atoms with van der Waals surface area (Å²) in [6, 6.07) is 0. The van der Waals surface area contributed by atoms with Crippen LogP contribution in [0.1, 0.15) is 13.3 Å². The summed E-state index contributed by atoms with van der Waals surface area (Å²) in [6.07, 6.45) is 1.01. The first kappa shape index (κ1) is 9.39. The number of amides is 1. The minimum atomic E-state index is -0.303. The normalized spacial score (nSPS) is 10.3. The maximum absolute atomic E-state index is 10.4. The van der Waals surface area contributed by atoms with Crippen LogP contribution in [0.4, 0.5) is 0 Å². The van der Waals surface area contributed by atoms with Crippen molar-refractivity contribution < 1.29 is 4.79 Å². The van der Waals surface area contributed by atoms with Crippen LogP contribution in [0.25, 0.3) is 0 Å². The molecule has 0 bridgehead atoms. The van der Waals surface area contributed by atoms with Gasteiger partial charge in [-0.25, -0.2) is 5.01 Å². The van der Waals surface area contributed by atoms with Crippen LogP contribution in [0.2, 0.25) is 0 Å². The van der Waals surface area contributed by atoms with E-state index >= 15 is 0 Å². The van der Waals surface area contributed by atoms with Crippen molar-refractivity contribution in [3.05, 3.63) is 0 Å². The first-order chi connectivity index (χ1) is 4.70. The van der Waals surface area contributed by atoms with E-state index in [1.807, 2.05) is 6.92 Å². The maximum atomic E-state index is 10.4. The van der Waals surface area contributed by atoms with Crippen LogP contribution in [-0.2, 0) is 4.79 Å². The molecule has 0 rings (SSSR count). The molecular weight excluding hydrogens is 130 g/mol. The Kier molecular flexibility index (Phi) is 4.88. The fraction of sp³-hybridized carbons (Fsp3) is 0.833. The van der Waals surface area contributed by atoms with Crippen molar-refractivity contribution in [1.82, 2.24) is 10.4 Å². The molecule has 0 aliphatic heterocycles. The Morgan fingerprint density at radius 2 is 2.30 bits per heavy atom. The van der Waals surface area contributed by atoms with Gasteiger partial charge in [0.2, 0.25) is 5.91 Å². The van der Waals surface area contributed by atoms with Gasteiger partial charge in [-0.2, -0.15) is 0 Å². The van der Waals surface area contributed by atoms with E-state index in [1.165, 1.54) is 0 Å². The predicted octanol–water partition coefficient (Wildman–Crippen LogP) is -0.682. The summed E-state index contributed by atoms with van der Waals surface area (Å²) in [7, 11) is 1.78. The molecular formula is C6H15N3O. The van der Waals surface area contributed by atoms with Gasteiger partial charge in [0.1, 0.15) is 0 Å². The molecule has 0 unspecified atom stereocenters. The average molecular weight is 145 g/mol. The fourth-order valence-corrected chi connectivity index (χ4v) is 0.728. The van der Waals surface area contributed by atoms with Crippen molar-refractivity contribution >= 4 is 5.91 Å². The van der Waals surface area contributed by atoms with Crippen molar-refractivity contribution in [2.75, 3.05) is 20.1 Å². The molecule has 0 radical (unpaired) electrons. The smallest absolute Gasteiger partial charge is 0.233 e. The third kappa shape index (κ3) is 4.29. The number of hydrazine groups is 1. The molecule has 4 heteroatoms. The van der Waals surface area contributed by atoms with Crippen LogP contribution >= 0.6 is 0 Å². The molecule has 60 valence electrons. The Morgan fingerprint density at radius 1 is 1.70 bits per heavy atom. The summed E-state index contributed by atoms with van der Waals surface area (Å²) >= 11 is 0. The zero-order valence-electron chi connectivity index (χ0n) is 6.55. The van der Waals surface area contributed by atoms with Crippen LogP contribution in [0.15, 0.2) is 0 Å². The zero-order chi connectivity index (χ0) is 7.98. The molecule has 0 heterocycles. The molecule has 4 nitrogen and oxygen atoms in total. The third-order valence-corrected chi connectivity index (χ3v) is 1.16. The second-order valence-electron chi connectivity index (χ2n) is 2.11. The van der Waals surface area contributed by atoms with Gasteiger partial charge in [-0.15, -0.1) is 0 Å². The number of nitrogens with two attached hydrogens (primary N) is 1. The second kappa shape index (κ2) is 5.20. The number of nitrogens with one attached hydrogen (secondary N) is 1. The van der Waals surface area contributed by atoms with Gasteiger partial charge in [0.25, 0.3) is 0 Å². The molecule has 0 aromatic rings. The van der Waals surface area contributed by atoms with E-state index in [4.69, 9.17) is 5.73 Å². The Hall–Kier alpha value is -0.610. The predicted molar refractivity (Wildman–Crippen MR) is 40.1 cm³/mol. The highest BCUT2D eigenvalue weighted by Crippen LogP contribution is 1.83. The monoisotopic (exact) mass is 145 g/mol. The highest BCUT2D eigenvalue weighted by atomic mass is 16.1. The van der Waals surface area contributed by atoms with E-state index in [0.29, 0.717) is 0 Å². The average Bonchev–Trinajstić information content (AvgIpc) is 1.86. The van der Waals surface area contributed by atoms with Gasteiger partial charge in [-0.3, -0.25) is 10.2 Å². The van der Waals surface area contributed by atoms with E-state index in [2.05, 4.69) is 5.43 Å². The highest BCUT2D eigenvalue weighted by molar-refractivity contribution is 5.75. The minimum absolute atomic E-state index is 0.282. The minimum Gasteiger partial charge on any atom is -0.369 e. The molecule has 0 aromatic heterocycles. The molecule has 0 aliphatic carbocycles. The molecule has 0 atom stereocenters. The van der Waals surface area contributed by atoms with Crippen molar-refractivity contribution in [3.63, 3.8) is 0 Å². The number of rotatable bonds is 5. The first-order valence-electron chi connectivity index (χ1n) is 3.41. The molecule has 10 heavy (non-hydrogen) atoms. The van der Waals surface area contributed by atoms with Crippen LogP contribution in [0.3, 0.4) is 0 Å². The van der Waals surface area contributed by atoms with Crippen LogP contribution < -0.4 is 11.2 Å². The summed E-state index contributed by atoms with van der Waals surface area (Å²) in [5, 5.41) is 1.78. The van der Waals surface area contributed by atoms with Crippen molar-refractivity contribution in [1.29, 1.82) is 0 Å². The van der Waals surface area contributed by atoms with Gasteiger partial charge in [0.05, 0.1) is 6.54 Å². The van der Waals surface area contributed by atoms with Gasteiger partial charge in [-0.1, -0.05) is 6.92 Å². The molecule has 0 saturated carbocycles. The lowest BCUT2D eigenvalue weighted by Crippen LogP contribution is -2.41. The van der Waals surface area contributed by atoms with Crippen LogP contribution in [0.5, 0.6) is 0 Å². The van der Waals surface area contributed by atoms with E-state index < -0.39 is 0 Å². The van der Waals surface area contributed by atoms with Gasteiger partial charge >= 0.3 is 0 Å². The Labute approximate surface area is 61.3 Å². The SMILES string of the molecule is CCCN(CC(N)=O)NC. The van der Waals surface area contributed by atoms with E-state index in [0.717, 1.165) is 13.0 Å². The molecule has 3 N–H and O–H groups in total. The Morgan fingerprint density at radius 3 is 2.60 bits per heavy atom. The third-order valence-electron chi connectivity index (χ3n) is 1.16. The lowest BCUT2D eigenvalue weighted by atomic mass is 10.4. The summed E-state index contributed by atoms with van der Waals surface area (Å²) in [5.41, 5.74) is 7.85. The number of hydrogen-bond acceptors (Lipinski definition) is 3. The van der Waals surface area contributed by atoms with Gasteiger partial charge in [0.15, 0.2) is 0 Å². The summed E-state index contributed by atoms with van der Waals surface area (Å²) < 4.78 is 0. The molecule has 0 aliphatic rings. The van der Waals surface area contributed by atoms with Gasteiger partial charge in [-0.05, 0) is 13.5 Å². The van der Waals surface area contributed by atoms with E-state index in [-0.39, 0.29) is 12.5 Å². The Balaban J connectivity index is 3.49. The topological polar surface area (TPSA) is 58.4 Å². The second-order valence-corrected chi connectivity index (χ2v) is 2.11. The maximum Gasteiger partial charge on any atom is 0.233 e. The standard InChI is InChI=1S/C6H15N3O/c1-3-4-9(8-2)5-6(7)10/h8H,3-5H2,1-2H3,(H2,7,10). The fourth-order valence-electron chi connectivity index (χ4n) is 0.728. The van der Waals surface area contributed by atoms with Crippen LogP contribution in [-0.4, -0.2) is 31.1 Å². The van der Waals surface area contributed by atoms with Crippen molar-refractivity contribution in [2.24, 2.45) is 5.73 Å². The molecule has 0 spiro atoms. The van der Waals surface area contributed by atoms with Crippen molar-refractivity contribution in [3.8, 4) is 0 Å². The first-order valence-corrected chi connectivity index (χ1v) is 3.41. The largest absolute Gasteiger partial charge is 0.369 e. The number of carbonyl (C=O) groups is 1. The molecule has 0 fully saturated rings. The molecule has 0 aromatic carbocycles. The van der Waals surface area contributed by atoms with E-state index in [9.17, 15) is 4.79 Å². The number of carbonyl (C=O) groups excluding carboxylic acids is 1. The van der Waals surface area contributed by atoms with Gasteiger partial charge in [0, 0.05) is 6.54 Å². The van der Waals surface area contributed by atoms with Crippen LogP contribution in [0, 0.1) is 0 Å². The highest BCUT2D eigenvalue weighted by Gasteiger charge is 2.02. The zero-order valence-corrected chi connectivity index (χ0v) is 6.55. The summed E-state index contributed by atoms with van der Waals surface area (Å²) in [4.78, 5) is 10.4.